The molecule has 13 heteroatoms. The number of aromatic nitrogens is 1. The molecule has 1 aliphatic heterocycles. The van der Waals surface area contributed by atoms with E-state index in [2.05, 4.69) is 14.4 Å². The number of benzene rings is 2. The van der Waals surface area contributed by atoms with Gasteiger partial charge in [0.15, 0.2) is 11.6 Å². The van der Waals surface area contributed by atoms with Gasteiger partial charge in [-0.1, -0.05) is 29.8 Å². The summed E-state index contributed by atoms with van der Waals surface area (Å²) in [6.07, 6.45) is 1.21. The number of hydrogen-bond donors (Lipinski definition) is 2. The van der Waals surface area contributed by atoms with Gasteiger partial charge in [-0.2, -0.15) is 8.42 Å². The zero-order valence-electron chi connectivity index (χ0n) is 18.2. The van der Waals surface area contributed by atoms with Crippen molar-refractivity contribution in [1.82, 2.24) is 4.98 Å². The Morgan fingerprint density at radius 2 is 1.74 bits per heavy atom. The highest BCUT2D eigenvalue weighted by atomic mass is 35.5. The van der Waals surface area contributed by atoms with Gasteiger partial charge in [-0.3, -0.25) is 9.44 Å². The van der Waals surface area contributed by atoms with Gasteiger partial charge in [-0.25, -0.2) is 13.4 Å². The molecule has 0 bridgehead atoms. The van der Waals surface area contributed by atoms with E-state index in [4.69, 9.17) is 20.8 Å². The van der Waals surface area contributed by atoms with E-state index in [9.17, 15) is 16.8 Å². The first-order valence-electron chi connectivity index (χ1n) is 10.3. The quantitative estimate of drug-likeness (QED) is 0.380. The van der Waals surface area contributed by atoms with Crippen molar-refractivity contribution in [3.8, 4) is 5.75 Å². The molecule has 0 spiro atoms. The summed E-state index contributed by atoms with van der Waals surface area (Å²) >= 11 is 6.07. The maximum Gasteiger partial charge on any atom is 0.295 e. The maximum absolute atomic E-state index is 13.1. The minimum Gasteiger partial charge on any atom is -0.488 e. The molecule has 3 heterocycles. The molecule has 1 aliphatic rings. The number of furan rings is 1. The van der Waals surface area contributed by atoms with Crippen LogP contribution in [0.25, 0.3) is 11.0 Å². The molecule has 182 valence electrons. The van der Waals surface area contributed by atoms with Crippen LogP contribution >= 0.6 is 11.6 Å². The molecule has 35 heavy (non-hydrogen) atoms. The van der Waals surface area contributed by atoms with Gasteiger partial charge in [0.2, 0.25) is 5.09 Å². The van der Waals surface area contributed by atoms with Gasteiger partial charge in [0.05, 0.1) is 24.1 Å². The fourth-order valence-electron chi connectivity index (χ4n) is 3.54. The van der Waals surface area contributed by atoms with E-state index in [1.165, 1.54) is 36.5 Å². The van der Waals surface area contributed by atoms with Gasteiger partial charge in [0.25, 0.3) is 20.0 Å². The molecule has 4 aromatic rings. The number of anilines is 3. The van der Waals surface area contributed by atoms with Crippen molar-refractivity contribution in [2.75, 3.05) is 34.5 Å². The Kier molecular flexibility index (Phi) is 5.74. The lowest BCUT2D eigenvalue weighted by Crippen LogP contribution is -2.30. The van der Waals surface area contributed by atoms with Gasteiger partial charge >= 0.3 is 0 Å². The molecule has 2 aromatic heterocycles. The Morgan fingerprint density at radius 1 is 0.971 bits per heavy atom. The van der Waals surface area contributed by atoms with Crippen LogP contribution in [-0.4, -0.2) is 42.0 Å². The number of pyridine rings is 1. The Morgan fingerprint density at radius 3 is 2.54 bits per heavy atom. The summed E-state index contributed by atoms with van der Waals surface area (Å²) in [6, 6.07) is 13.7. The van der Waals surface area contributed by atoms with Crippen LogP contribution in [0, 0.1) is 0 Å². The van der Waals surface area contributed by atoms with E-state index in [1.54, 1.807) is 24.3 Å². The van der Waals surface area contributed by atoms with Gasteiger partial charge in [0, 0.05) is 29.6 Å². The van der Waals surface area contributed by atoms with Crippen LogP contribution in [0.1, 0.15) is 0 Å². The molecule has 0 radical (unpaired) electrons. The zero-order chi connectivity index (χ0) is 24.8. The Hall–Kier alpha value is -3.48. The number of rotatable bonds is 6. The lowest BCUT2D eigenvalue weighted by molar-refractivity contribution is 0.308. The smallest absolute Gasteiger partial charge is 0.295 e. The molecular formula is C22H19ClN4O6S2. The predicted molar refractivity (Wildman–Crippen MR) is 132 cm³/mol. The van der Waals surface area contributed by atoms with Crippen LogP contribution in [0.5, 0.6) is 5.75 Å². The number of nitrogens with one attached hydrogen (secondary N) is 2. The van der Waals surface area contributed by atoms with Crippen LogP contribution in [-0.2, 0) is 20.0 Å². The minimum atomic E-state index is -4.20. The van der Waals surface area contributed by atoms with Crippen molar-refractivity contribution in [2.24, 2.45) is 0 Å². The molecule has 5 rings (SSSR count). The standard InChI is InChI=1S/C22H19ClN4O6S2/c1-27-8-9-32-20-12-16(13-24-22(20)27)34(28,29)25-17-7-6-15(23)11-18(17)26-35(30,31)21-10-14-4-2-3-5-19(14)33-21/h2-7,10-13,25-26H,8-9H2,1H3. The molecule has 2 aromatic carbocycles. The molecular weight excluding hydrogens is 516 g/mol. The van der Waals surface area contributed by atoms with Crippen LogP contribution in [0.3, 0.4) is 0 Å². The second kappa shape index (κ2) is 8.63. The highest BCUT2D eigenvalue weighted by molar-refractivity contribution is 7.93. The topological polar surface area (TPSA) is 131 Å². The molecule has 0 saturated carbocycles. The number of sulfonamides is 2. The van der Waals surface area contributed by atoms with Crippen molar-refractivity contribution >= 4 is 59.8 Å². The molecule has 0 amide bonds. The monoisotopic (exact) mass is 534 g/mol. The summed E-state index contributed by atoms with van der Waals surface area (Å²) < 4.78 is 68.0. The number of halogens is 1. The van der Waals surface area contributed by atoms with E-state index in [0.29, 0.717) is 35.7 Å². The van der Waals surface area contributed by atoms with Crippen LogP contribution in [0.15, 0.2) is 75.2 Å². The highest BCUT2D eigenvalue weighted by Gasteiger charge is 2.25. The van der Waals surface area contributed by atoms with Crippen molar-refractivity contribution in [1.29, 1.82) is 0 Å². The first kappa shape index (κ1) is 23.3. The van der Waals surface area contributed by atoms with E-state index < -0.39 is 20.0 Å². The fraction of sp³-hybridized carbons (Fsp3) is 0.136. The third-order valence-electron chi connectivity index (χ3n) is 5.30. The Balaban J connectivity index is 1.47. The maximum atomic E-state index is 13.1. The summed E-state index contributed by atoms with van der Waals surface area (Å²) in [6.45, 7) is 1.02. The number of fused-ring (bicyclic) bond motifs is 2. The normalized spacial score (nSPS) is 13.8. The summed E-state index contributed by atoms with van der Waals surface area (Å²) in [5.74, 6) is 0.865. The summed E-state index contributed by atoms with van der Waals surface area (Å²) in [7, 11) is -6.53. The third kappa shape index (κ3) is 4.59. The SMILES string of the molecule is CN1CCOc2cc(S(=O)(=O)Nc3ccc(Cl)cc3NS(=O)(=O)c3cc4ccccc4o3)cnc21. The first-order valence-corrected chi connectivity index (χ1v) is 13.6. The molecule has 0 fully saturated rings. The molecule has 10 nitrogen and oxygen atoms in total. The van der Waals surface area contributed by atoms with Crippen LogP contribution < -0.4 is 19.1 Å². The molecule has 0 atom stereocenters. The summed E-state index contributed by atoms with van der Waals surface area (Å²) in [5, 5.41) is 0.474. The zero-order valence-corrected chi connectivity index (χ0v) is 20.6. The van der Waals surface area contributed by atoms with Gasteiger partial charge in [0.1, 0.15) is 17.1 Å². The first-order chi connectivity index (χ1) is 16.6. The van der Waals surface area contributed by atoms with Crippen LogP contribution in [0.4, 0.5) is 17.2 Å². The van der Waals surface area contributed by atoms with Crippen molar-refractivity contribution in [2.45, 2.75) is 9.99 Å². The second-order valence-corrected chi connectivity index (χ2v) is 11.5. The lowest BCUT2D eigenvalue weighted by Gasteiger charge is -2.26. The van der Waals surface area contributed by atoms with E-state index in [1.807, 2.05) is 11.9 Å². The van der Waals surface area contributed by atoms with Gasteiger partial charge in [-0.15, -0.1) is 0 Å². The number of likely N-dealkylation sites (N-methyl/N-ethyl adjacent to an activating group) is 1. The molecule has 2 N–H and O–H groups in total. The molecule has 0 saturated heterocycles. The van der Waals surface area contributed by atoms with E-state index in [-0.39, 0.29) is 26.4 Å². The average molecular weight is 535 g/mol. The number of nitrogens with zero attached hydrogens (tertiary/aromatic N) is 2. The van der Waals surface area contributed by atoms with E-state index >= 15 is 0 Å². The Bertz CT molecular complexity index is 1620. The van der Waals surface area contributed by atoms with Crippen molar-refractivity contribution in [3.05, 3.63) is 65.8 Å². The second-order valence-electron chi connectivity index (χ2n) is 7.77. The number of ether oxygens (including phenoxy) is 1. The van der Waals surface area contributed by atoms with Crippen molar-refractivity contribution < 1.29 is 26.0 Å². The lowest BCUT2D eigenvalue weighted by atomic mass is 10.3. The van der Waals surface area contributed by atoms with Crippen molar-refractivity contribution in [3.63, 3.8) is 0 Å². The van der Waals surface area contributed by atoms with E-state index in [0.717, 1.165) is 0 Å². The largest absolute Gasteiger partial charge is 0.488 e. The minimum absolute atomic E-state index is 0.0372. The summed E-state index contributed by atoms with van der Waals surface area (Å²) in [4.78, 5) is 5.91. The predicted octanol–water partition coefficient (Wildman–Crippen LogP) is 3.91. The average Bonchev–Trinajstić information content (AvgIpc) is 3.26. The Labute approximate surface area is 206 Å². The highest BCUT2D eigenvalue weighted by Crippen LogP contribution is 2.34. The fourth-order valence-corrected chi connectivity index (χ4v) is 5.79. The van der Waals surface area contributed by atoms with Crippen LogP contribution in [0.2, 0.25) is 5.02 Å². The number of para-hydroxylation sites is 1. The van der Waals surface area contributed by atoms with Gasteiger partial charge < -0.3 is 14.1 Å². The summed E-state index contributed by atoms with van der Waals surface area (Å²) in [5.41, 5.74) is 0.279. The number of hydrogen-bond acceptors (Lipinski definition) is 8. The molecule has 0 unspecified atom stereocenters. The third-order valence-corrected chi connectivity index (χ3v) is 8.09. The molecule has 0 aliphatic carbocycles. The van der Waals surface area contributed by atoms with Gasteiger partial charge in [-0.05, 0) is 24.3 Å².